The second-order valence-corrected chi connectivity index (χ2v) is 4.78. The number of fused-ring (bicyclic) bond motifs is 1. The topological polar surface area (TPSA) is 91.0 Å². The number of hydrazine groups is 2. The van der Waals surface area contributed by atoms with Crippen LogP contribution in [0.25, 0.3) is 0 Å². The molecule has 14 heavy (non-hydrogen) atoms. The molecule has 2 heterocycles. The van der Waals surface area contributed by atoms with Crippen molar-refractivity contribution in [3.8, 4) is 0 Å². The number of nitrogens with two attached hydrogens (primary N) is 1. The molecule has 2 aliphatic heterocycles. The zero-order chi connectivity index (χ0) is 10.3. The lowest BCUT2D eigenvalue weighted by atomic mass is 10.3. The molecule has 0 atom stereocenters. The maximum absolute atomic E-state index is 11.2. The fourth-order valence-corrected chi connectivity index (χ4v) is 1.63. The van der Waals surface area contributed by atoms with Crippen LogP contribution in [0.15, 0.2) is 28.8 Å². The Balaban J connectivity index is 2.34. The highest BCUT2D eigenvalue weighted by Crippen LogP contribution is 2.20. The van der Waals surface area contributed by atoms with Gasteiger partial charge in [-0.05, 0) is 0 Å². The predicted molar refractivity (Wildman–Crippen MR) is 50.5 cm³/mol. The van der Waals surface area contributed by atoms with Crippen molar-refractivity contribution >= 4 is 16.4 Å². The van der Waals surface area contributed by atoms with E-state index in [0.29, 0.717) is 11.4 Å². The molecule has 2 rings (SSSR count). The van der Waals surface area contributed by atoms with Crippen LogP contribution in [0.4, 0.5) is 0 Å². The van der Waals surface area contributed by atoms with Gasteiger partial charge in [0.1, 0.15) is 17.7 Å². The molecule has 0 fully saturated rings. The SMILES string of the molecule is CS(=O)(=O)N1C=C2N=CN(N)C=C2N1. The van der Waals surface area contributed by atoms with Crippen molar-refractivity contribution in [2.75, 3.05) is 6.26 Å². The van der Waals surface area contributed by atoms with Crippen LogP contribution in [0.1, 0.15) is 0 Å². The van der Waals surface area contributed by atoms with Gasteiger partial charge in [0.25, 0.3) is 0 Å². The second-order valence-electron chi connectivity index (χ2n) is 2.92. The summed E-state index contributed by atoms with van der Waals surface area (Å²) in [6.07, 6.45) is 5.43. The van der Waals surface area contributed by atoms with Gasteiger partial charge in [-0.3, -0.25) is 10.4 Å². The van der Waals surface area contributed by atoms with Crippen molar-refractivity contribution in [2.45, 2.75) is 0 Å². The van der Waals surface area contributed by atoms with E-state index in [9.17, 15) is 8.42 Å². The third-order valence-corrected chi connectivity index (χ3v) is 2.62. The molecule has 0 aliphatic carbocycles. The first-order valence-electron chi connectivity index (χ1n) is 3.74. The number of hydrogen-bond acceptors (Lipinski definition) is 6. The van der Waals surface area contributed by atoms with Crippen LogP contribution in [0.3, 0.4) is 0 Å². The molecule has 76 valence electrons. The molecule has 0 aromatic carbocycles. The Morgan fingerprint density at radius 1 is 1.50 bits per heavy atom. The highest BCUT2D eigenvalue weighted by Gasteiger charge is 2.25. The molecule has 0 spiro atoms. The van der Waals surface area contributed by atoms with E-state index in [1.807, 2.05) is 0 Å². The molecule has 0 saturated carbocycles. The fourth-order valence-electron chi connectivity index (χ4n) is 1.08. The van der Waals surface area contributed by atoms with Crippen molar-refractivity contribution in [3.63, 3.8) is 0 Å². The summed E-state index contributed by atoms with van der Waals surface area (Å²) in [4.78, 5) is 3.94. The zero-order valence-electron chi connectivity index (χ0n) is 7.38. The Hall–Kier alpha value is -1.54. The number of nitrogens with zero attached hydrogens (tertiary/aromatic N) is 3. The number of hydrogen-bond donors (Lipinski definition) is 2. The summed E-state index contributed by atoms with van der Waals surface area (Å²) in [6, 6.07) is 0. The number of nitrogens with one attached hydrogen (secondary N) is 1. The average molecular weight is 215 g/mol. The van der Waals surface area contributed by atoms with Gasteiger partial charge in [-0.1, -0.05) is 0 Å². The fraction of sp³-hybridized carbons (Fsp3) is 0.167. The maximum Gasteiger partial charge on any atom is 0.249 e. The molecule has 0 aromatic rings. The Kier molecular flexibility index (Phi) is 1.76. The van der Waals surface area contributed by atoms with E-state index in [4.69, 9.17) is 5.84 Å². The highest BCUT2D eigenvalue weighted by atomic mass is 32.2. The van der Waals surface area contributed by atoms with E-state index in [0.717, 1.165) is 10.7 Å². The van der Waals surface area contributed by atoms with Crippen LogP contribution in [0.2, 0.25) is 0 Å². The van der Waals surface area contributed by atoms with E-state index in [-0.39, 0.29) is 0 Å². The first-order chi connectivity index (χ1) is 6.47. The third-order valence-electron chi connectivity index (χ3n) is 1.71. The number of rotatable bonds is 1. The number of aliphatic imine (C=N–C) groups is 1. The number of sulfonamides is 1. The quantitative estimate of drug-likeness (QED) is 0.529. The summed E-state index contributed by atoms with van der Waals surface area (Å²) < 4.78 is 23.3. The molecular formula is C6H9N5O2S. The van der Waals surface area contributed by atoms with Crippen molar-refractivity contribution < 1.29 is 8.42 Å². The molecule has 0 radical (unpaired) electrons. The van der Waals surface area contributed by atoms with E-state index in [1.165, 1.54) is 17.5 Å². The smallest absolute Gasteiger partial charge is 0.249 e. The van der Waals surface area contributed by atoms with E-state index >= 15 is 0 Å². The average Bonchev–Trinajstić information content (AvgIpc) is 2.45. The van der Waals surface area contributed by atoms with Crippen LogP contribution in [-0.2, 0) is 10.0 Å². The molecule has 0 bridgehead atoms. The minimum absolute atomic E-state index is 0.539. The van der Waals surface area contributed by atoms with Crippen LogP contribution in [-0.4, -0.2) is 30.4 Å². The molecular weight excluding hydrogens is 206 g/mol. The van der Waals surface area contributed by atoms with Crippen LogP contribution >= 0.6 is 0 Å². The Labute approximate surface area is 81.2 Å². The lowest BCUT2D eigenvalue weighted by Gasteiger charge is -2.16. The van der Waals surface area contributed by atoms with Crippen LogP contribution in [0, 0.1) is 0 Å². The third kappa shape index (κ3) is 1.44. The lowest BCUT2D eigenvalue weighted by Crippen LogP contribution is -2.35. The minimum atomic E-state index is -3.31. The standard InChI is InChI=1S/C6H9N5O2S/c1-14(12,13)11-3-5-6(9-11)2-10(7)4-8-5/h2-4,9H,7H2,1H3. The van der Waals surface area contributed by atoms with Crippen molar-refractivity contribution in [1.82, 2.24) is 14.8 Å². The van der Waals surface area contributed by atoms with E-state index < -0.39 is 10.0 Å². The molecule has 7 nitrogen and oxygen atoms in total. The van der Waals surface area contributed by atoms with Crippen molar-refractivity contribution in [1.29, 1.82) is 0 Å². The molecule has 0 amide bonds. The van der Waals surface area contributed by atoms with E-state index in [1.54, 1.807) is 6.20 Å². The largest absolute Gasteiger partial charge is 0.281 e. The molecule has 3 N–H and O–H groups in total. The van der Waals surface area contributed by atoms with Gasteiger partial charge in [0, 0.05) is 6.20 Å². The molecule has 8 heteroatoms. The van der Waals surface area contributed by atoms with Crippen LogP contribution in [0.5, 0.6) is 0 Å². The summed E-state index contributed by atoms with van der Waals surface area (Å²) in [7, 11) is -3.31. The van der Waals surface area contributed by atoms with Gasteiger partial charge in [0.2, 0.25) is 10.0 Å². The van der Waals surface area contributed by atoms with Gasteiger partial charge >= 0.3 is 0 Å². The maximum atomic E-state index is 11.2. The highest BCUT2D eigenvalue weighted by molar-refractivity contribution is 7.88. The molecule has 0 aromatic heterocycles. The Morgan fingerprint density at radius 2 is 2.21 bits per heavy atom. The predicted octanol–water partition coefficient (Wildman–Crippen LogP) is -1.33. The van der Waals surface area contributed by atoms with Crippen molar-refractivity contribution in [3.05, 3.63) is 23.8 Å². The van der Waals surface area contributed by atoms with Crippen LogP contribution < -0.4 is 11.3 Å². The van der Waals surface area contributed by atoms with Gasteiger partial charge in [-0.15, -0.1) is 0 Å². The van der Waals surface area contributed by atoms with Gasteiger partial charge in [0.15, 0.2) is 0 Å². The summed E-state index contributed by atoms with van der Waals surface area (Å²) >= 11 is 0. The molecule has 0 saturated heterocycles. The van der Waals surface area contributed by atoms with Crippen molar-refractivity contribution in [2.24, 2.45) is 10.8 Å². The summed E-state index contributed by atoms with van der Waals surface area (Å²) in [5.41, 5.74) is 3.74. The van der Waals surface area contributed by atoms with Gasteiger partial charge in [-0.2, -0.15) is 4.41 Å². The monoisotopic (exact) mass is 215 g/mol. The first kappa shape index (κ1) is 9.03. The Morgan fingerprint density at radius 3 is 2.86 bits per heavy atom. The summed E-state index contributed by atoms with van der Waals surface area (Å²) in [6.45, 7) is 0. The zero-order valence-corrected chi connectivity index (χ0v) is 8.19. The first-order valence-corrected chi connectivity index (χ1v) is 5.59. The Bertz CT molecular complexity index is 449. The lowest BCUT2D eigenvalue weighted by molar-refractivity contribution is 0.462. The van der Waals surface area contributed by atoms with Gasteiger partial charge < -0.3 is 0 Å². The minimum Gasteiger partial charge on any atom is -0.281 e. The summed E-state index contributed by atoms with van der Waals surface area (Å²) in [5, 5.41) is 1.24. The molecule has 2 aliphatic rings. The second kappa shape index (κ2) is 2.72. The van der Waals surface area contributed by atoms with E-state index in [2.05, 4.69) is 10.4 Å². The normalized spacial score (nSPS) is 20.1. The summed E-state index contributed by atoms with van der Waals surface area (Å²) in [5.74, 6) is 5.42. The van der Waals surface area contributed by atoms with Gasteiger partial charge in [0.05, 0.1) is 12.5 Å². The van der Waals surface area contributed by atoms with Gasteiger partial charge in [-0.25, -0.2) is 19.3 Å². The molecule has 0 unspecified atom stereocenters.